The second-order valence-electron chi connectivity index (χ2n) is 7.39. The van der Waals surface area contributed by atoms with Crippen LogP contribution < -0.4 is 5.32 Å². The van der Waals surface area contributed by atoms with Gasteiger partial charge in [-0.3, -0.25) is 14.9 Å². The van der Waals surface area contributed by atoms with Crippen LogP contribution in [0.25, 0.3) is 22.5 Å². The van der Waals surface area contributed by atoms with E-state index in [2.05, 4.69) is 20.5 Å². The van der Waals surface area contributed by atoms with E-state index in [0.717, 1.165) is 18.2 Å². The summed E-state index contributed by atoms with van der Waals surface area (Å²) in [6.45, 7) is -0.639. The molecule has 0 radical (unpaired) electrons. The number of aliphatic hydroxyl groups excluding tert-OH is 2. The predicted molar refractivity (Wildman–Crippen MR) is 117 cm³/mol. The van der Waals surface area contributed by atoms with E-state index in [1.807, 2.05) is 0 Å². The second kappa shape index (κ2) is 9.86. The number of aliphatic hydroxyl groups is 2. The van der Waals surface area contributed by atoms with Crippen molar-refractivity contribution in [1.29, 1.82) is 0 Å². The van der Waals surface area contributed by atoms with E-state index in [1.54, 1.807) is 12.1 Å². The van der Waals surface area contributed by atoms with Gasteiger partial charge in [0.05, 0.1) is 29.5 Å². The molecule has 2 heterocycles. The third-order valence-corrected chi connectivity index (χ3v) is 5.22. The van der Waals surface area contributed by atoms with E-state index in [-0.39, 0.29) is 22.5 Å². The molecule has 0 spiro atoms. The summed E-state index contributed by atoms with van der Waals surface area (Å²) in [5, 5.41) is 28.9. The Bertz CT molecular complexity index is 1300. The molecule has 4 aromatic rings. The molecule has 0 fully saturated rings. The Morgan fingerprint density at radius 3 is 2.47 bits per heavy atom. The first-order chi connectivity index (χ1) is 16.4. The van der Waals surface area contributed by atoms with Crippen molar-refractivity contribution in [1.82, 2.24) is 20.5 Å². The van der Waals surface area contributed by atoms with E-state index in [1.165, 1.54) is 36.5 Å². The molecule has 2 aromatic carbocycles. The molecule has 0 saturated heterocycles. The van der Waals surface area contributed by atoms with Crippen molar-refractivity contribution in [3.05, 3.63) is 95.6 Å². The zero-order chi connectivity index (χ0) is 24.2. The fourth-order valence-electron chi connectivity index (χ4n) is 3.48. The van der Waals surface area contributed by atoms with E-state index >= 15 is 4.39 Å². The van der Waals surface area contributed by atoms with Crippen LogP contribution in [-0.2, 0) is 0 Å². The highest BCUT2D eigenvalue weighted by Crippen LogP contribution is 2.32. The molecule has 10 heteroatoms. The molecule has 0 aliphatic carbocycles. The van der Waals surface area contributed by atoms with Crippen LogP contribution in [0.2, 0.25) is 0 Å². The number of hydrogen-bond acceptors (Lipinski definition) is 5. The summed E-state index contributed by atoms with van der Waals surface area (Å²) >= 11 is 0. The van der Waals surface area contributed by atoms with Crippen LogP contribution in [0.15, 0.2) is 66.9 Å². The van der Waals surface area contributed by atoms with Gasteiger partial charge in [0.25, 0.3) is 5.91 Å². The van der Waals surface area contributed by atoms with Crippen LogP contribution >= 0.6 is 0 Å². The molecule has 2 aromatic heterocycles. The molecule has 2 atom stereocenters. The zero-order valence-electron chi connectivity index (χ0n) is 17.5. The maximum absolute atomic E-state index is 15.2. The number of halogens is 3. The highest BCUT2D eigenvalue weighted by atomic mass is 19.1. The maximum Gasteiger partial charge on any atom is 0.252 e. The van der Waals surface area contributed by atoms with Gasteiger partial charge in [-0.05, 0) is 48.5 Å². The van der Waals surface area contributed by atoms with E-state index in [9.17, 15) is 23.8 Å². The van der Waals surface area contributed by atoms with Crippen LogP contribution in [0.1, 0.15) is 22.2 Å². The predicted octanol–water partition coefficient (Wildman–Crippen LogP) is 3.38. The fraction of sp³-hybridized carbons (Fsp3) is 0.125. The Morgan fingerprint density at radius 1 is 1.03 bits per heavy atom. The van der Waals surface area contributed by atoms with Crippen LogP contribution in [0.5, 0.6) is 0 Å². The van der Waals surface area contributed by atoms with Gasteiger partial charge in [0.1, 0.15) is 29.1 Å². The lowest BCUT2D eigenvalue weighted by Crippen LogP contribution is -2.42. The smallest absolute Gasteiger partial charge is 0.252 e. The number of pyridine rings is 1. The first kappa shape index (κ1) is 23.1. The highest BCUT2D eigenvalue weighted by molar-refractivity contribution is 6.01. The van der Waals surface area contributed by atoms with Gasteiger partial charge in [-0.15, -0.1) is 0 Å². The van der Waals surface area contributed by atoms with Crippen LogP contribution in [0, 0.1) is 17.5 Å². The number of aromatic nitrogens is 3. The van der Waals surface area contributed by atoms with E-state index in [0.29, 0.717) is 0 Å². The Morgan fingerprint density at radius 2 is 1.79 bits per heavy atom. The second-order valence-corrected chi connectivity index (χ2v) is 7.39. The first-order valence-corrected chi connectivity index (χ1v) is 10.2. The number of nitrogens with zero attached hydrogens (tertiary/aromatic N) is 2. The quantitative estimate of drug-likeness (QED) is 0.332. The first-order valence-electron chi connectivity index (χ1n) is 10.2. The minimum Gasteiger partial charge on any atom is -0.394 e. The van der Waals surface area contributed by atoms with Crippen molar-refractivity contribution in [3.8, 4) is 22.5 Å². The molecule has 1 amide bonds. The largest absolute Gasteiger partial charge is 0.394 e. The maximum atomic E-state index is 15.2. The molecular weight excluding hydrogens is 449 g/mol. The summed E-state index contributed by atoms with van der Waals surface area (Å²) in [4.78, 5) is 17.0. The SMILES string of the molecule is O=C(N[C@@H](CO)C(O)c1ccccn1)c1cccc(F)c1-c1n[nH]c(-c2ccc(F)cc2)c1F. The number of H-pyrrole nitrogens is 1. The molecule has 174 valence electrons. The van der Waals surface area contributed by atoms with Crippen molar-refractivity contribution in [2.24, 2.45) is 0 Å². The van der Waals surface area contributed by atoms with E-state index in [4.69, 9.17) is 0 Å². The lowest BCUT2D eigenvalue weighted by Gasteiger charge is -2.22. The van der Waals surface area contributed by atoms with Gasteiger partial charge >= 0.3 is 0 Å². The summed E-state index contributed by atoms with van der Waals surface area (Å²) in [6.07, 6.45) is 0.0952. The van der Waals surface area contributed by atoms with Crippen molar-refractivity contribution >= 4 is 5.91 Å². The molecule has 0 bridgehead atoms. The number of carbonyl (C=O) groups excluding carboxylic acids is 1. The average molecular weight is 468 g/mol. The molecule has 0 aliphatic rings. The highest BCUT2D eigenvalue weighted by Gasteiger charge is 2.28. The molecule has 1 unspecified atom stereocenters. The van der Waals surface area contributed by atoms with Gasteiger partial charge < -0.3 is 15.5 Å². The summed E-state index contributed by atoms with van der Waals surface area (Å²) in [5.74, 6) is -3.22. The molecule has 4 rings (SSSR count). The number of aromatic amines is 1. The topological polar surface area (TPSA) is 111 Å². The molecule has 0 saturated carbocycles. The van der Waals surface area contributed by atoms with Gasteiger partial charge in [-0.1, -0.05) is 12.1 Å². The minimum atomic E-state index is -1.35. The Balaban J connectivity index is 1.67. The molecule has 4 N–H and O–H groups in total. The fourth-order valence-corrected chi connectivity index (χ4v) is 3.48. The van der Waals surface area contributed by atoms with Crippen LogP contribution in [0.4, 0.5) is 13.2 Å². The van der Waals surface area contributed by atoms with Crippen molar-refractivity contribution in [3.63, 3.8) is 0 Å². The van der Waals surface area contributed by atoms with Gasteiger partial charge in [-0.25, -0.2) is 13.2 Å². The lowest BCUT2D eigenvalue weighted by molar-refractivity contribution is 0.0688. The average Bonchev–Trinajstić information content (AvgIpc) is 3.23. The van der Waals surface area contributed by atoms with Crippen LogP contribution in [-0.4, -0.2) is 44.0 Å². The van der Waals surface area contributed by atoms with Gasteiger partial charge in [-0.2, -0.15) is 5.10 Å². The van der Waals surface area contributed by atoms with Crippen molar-refractivity contribution < 1.29 is 28.2 Å². The van der Waals surface area contributed by atoms with Crippen molar-refractivity contribution in [2.45, 2.75) is 12.1 Å². The number of rotatable bonds is 7. The number of hydrogen-bond donors (Lipinski definition) is 4. The normalized spacial score (nSPS) is 12.9. The van der Waals surface area contributed by atoms with Gasteiger partial charge in [0.2, 0.25) is 0 Å². The van der Waals surface area contributed by atoms with Crippen molar-refractivity contribution in [2.75, 3.05) is 6.61 Å². The molecule has 0 aliphatic heterocycles. The number of nitrogens with one attached hydrogen (secondary N) is 2. The van der Waals surface area contributed by atoms with Crippen LogP contribution in [0.3, 0.4) is 0 Å². The standard InChI is InChI=1S/C24H19F3N4O3/c25-14-9-7-13(8-10-14)21-20(27)22(31-30-21)19-15(4-3-5-16(19)26)24(34)29-18(12-32)23(33)17-6-1-2-11-28-17/h1-11,18,23,32-33H,12H2,(H,29,34)(H,30,31)/t18-,23?/m0/s1. The van der Waals surface area contributed by atoms with Gasteiger partial charge in [0, 0.05) is 11.8 Å². The number of benzene rings is 2. The monoisotopic (exact) mass is 468 g/mol. The molecule has 7 nitrogen and oxygen atoms in total. The summed E-state index contributed by atoms with van der Waals surface area (Å²) in [7, 11) is 0. The number of amides is 1. The Kier molecular flexibility index (Phi) is 6.71. The minimum absolute atomic E-state index is 0.108. The Labute approximate surface area is 191 Å². The lowest BCUT2D eigenvalue weighted by atomic mass is 10.0. The summed E-state index contributed by atoms with van der Waals surface area (Å²) < 4.78 is 43.3. The third kappa shape index (κ3) is 4.54. The third-order valence-electron chi connectivity index (χ3n) is 5.22. The Hall–Kier alpha value is -4.02. The summed E-state index contributed by atoms with van der Waals surface area (Å²) in [5.41, 5.74) is -0.743. The van der Waals surface area contributed by atoms with Gasteiger partial charge in [0.15, 0.2) is 5.82 Å². The molecule has 34 heavy (non-hydrogen) atoms. The zero-order valence-corrected chi connectivity index (χ0v) is 17.5. The number of carbonyl (C=O) groups is 1. The summed E-state index contributed by atoms with van der Waals surface area (Å²) in [6, 6.07) is 12.1. The molecular formula is C24H19F3N4O3. The van der Waals surface area contributed by atoms with E-state index < -0.39 is 53.4 Å².